The van der Waals surface area contributed by atoms with Gasteiger partial charge in [0.2, 0.25) is 11.8 Å². The average Bonchev–Trinajstić information content (AvgIpc) is 3.91. The minimum atomic E-state index is -1.00. The number of carbonyl (C=O) groups excluding carboxylic acids is 5. The largest absolute Gasteiger partial charge is 0.464 e. The number of carbonyl (C=O) groups is 5. The zero-order valence-corrected chi connectivity index (χ0v) is 45.0. The molecule has 0 radical (unpaired) electrons. The van der Waals surface area contributed by atoms with E-state index >= 15 is 0 Å². The van der Waals surface area contributed by atoms with Crippen LogP contribution >= 0.6 is 0 Å². The van der Waals surface area contributed by atoms with Gasteiger partial charge in [-0.3, -0.25) is 39.0 Å². The number of fused-ring (bicyclic) bond motifs is 6. The standard InChI is InChI=1S/C56H80N10O7/c1-12-47(67)63-33-56(65(35-63)37(5)6)22-27-62(28-23-56)54(71)60(10)49(36(3)4)51(68)58-45-32-61-25-15-17-40(31-61)39-20-21-46-42(29-39)43(50(64(46)13-2)41-18-14-24-57-48(41)38(7)72-11)30-55(8,9)34-73-53(70)44-19-16-26-66(59-44)52(45)69/h12,14,17-18,20-21,24,29,36-38,44-45,49,59H,1,13,15-16,19,22-23,25-28,30-35H2,2-11H3,(H,58,68)/t38-,44-,45-,49-/m0/s1. The Morgan fingerprint density at radius 3 is 2.49 bits per heavy atom. The van der Waals surface area contributed by atoms with Crippen molar-refractivity contribution in [1.82, 2.24) is 49.8 Å². The molecule has 396 valence electrons. The van der Waals surface area contributed by atoms with E-state index < -0.39 is 35.4 Å². The van der Waals surface area contributed by atoms with Crippen LogP contribution in [0.25, 0.3) is 27.7 Å². The van der Waals surface area contributed by atoms with Gasteiger partial charge in [-0.2, -0.15) is 0 Å². The predicted molar refractivity (Wildman–Crippen MR) is 283 cm³/mol. The lowest BCUT2D eigenvalue weighted by Crippen LogP contribution is -2.64. The highest BCUT2D eigenvalue weighted by atomic mass is 16.5. The Kier molecular flexibility index (Phi) is 16.2. The maximum Gasteiger partial charge on any atom is 0.324 e. The number of likely N-dealkylation sites (N-methyl/N-ethyl adjacent to an activating group) is 1. The number of cyclic esters (lactones) is 1. The van der Waals surface area contributed by atoms with Crippen LogP contribution in [0.5, 0.6) is 0 Å². The fourth-order valence-electron chi connectivity index (χ4n) is 12.2. The summed E-state index contributed by atoms with van der Waals surface area (Å²) in [5, 5.41) is 5.75. The zero-order valence-electron chi connectivity index (χ0n) is 45.0. The van der Waals surface area contributed by atoms with Gasteiger partial charge in [0.1, 0.15) is 18.1 Å². The molecule has 2 N–H and O–H groups in total. The highest BCUT2D eigenvalue weighted by molar-refractivity contribution is 5.95. The summed E-state index contributed by atoms with van der Waals surface area (Å²) in [6.45, 7) is 24.9. The molecule has 5 aliphatic rings. The number of hydrogen-bond acceptors (Lipinski definition) is 11. The van der Waals surface area contributed by atoms with E-state index in [0.717, 1.165) is 57.5 Å². The number of methoxy groups -OCH3 is 1. The SMILES string of the molecule is C=CC(=O)N1CN(C(C)C)C2(CCN(C(=O)N(C)[C@H](C(=O)N[C@H]3CN4CCC=C(C4)c4ccc5c(c4)c(c(-c4cccnc4[C@H](C)OC)n5CC)CC(C)(C)COC(=O)[C@@H]4CCCN(N4)C3=O)C(C)C)CC2)C1. The number of hydrogen-bond donors (Lipinski definition) is 2. The van der Waals surface area contributed by atoms with Crippen LogP contribution in [-0.2, 0) is 41.6 Å². The maximum absolute atomic E-state index is 14.9. The summed E-state index contributed by atoms with van der Waals surface area (Å²) in [6, 6.07) is 8.06. The fraction of sp³-hybridized carbons (Fsp3) is 0.607. The van der Waals surface area contributed by atoms with E-state index in [-0.39, 0.29) is 54.6 Å². The van der Waals surface area contributed by atoms with Gasteiger partial charge in [-0.1, -0.05) is 46.4 Å². The summed E-state index contributed by atoms with van der Waals surface area (Å²) in [4.78, 5) is 85.5. The summed E-state index contributed by atoms with van der Waals surface area (Å²) >= 11 is 0. The van der Waals surface area contributed by atoms with Gasteiger partial charge in [0.25, 0.3) is 5.91 Å². The molecule has 1 aromatic carbocycles. The molecule has 0 aliphatic carbocycles. The first-order chi connectivity index (χ1) is 34.8. The minimum Gasteiger partial charge on any atom is -0.464 e. The molecular weight excluding hydrogens is 925 g/mol. The average molecular weight is 1010 g/mol. The molecule has 2 aromatic heterocycles. The van der Waals surface area contributed by atoms with Crippen molar-refractivity contribution in [2.45, 2.75) is 136 Å². The van der Waals surface area contributed by atoms with Gasteiger partial charge < -0.3 is 34.1 Å². The number of hydrazine groups is 1. The van der Waals surface area contributed by atoms with Gasteiger partial charge in [0.05, 0.1) is 30.8 Å². The van der Waals surface area contributed by atoms with Crippen molar-refractivity contribution in [3.05, 3.63) is 72.1 Å². The summed E-state index contributed by atoms with van der Waals surface area (Å²) in [7, 11) is 3.37. The highest BCUT2D eigenvalue weighted by Crippen LogP contribution is 2.42. The third kappa shape index (κ3) is 11.0. The number of aromatic nitrogens is 2. The number of benzene rings is 1. The first-order valence-electron chi connectivity index (χ1n) is 26.6. The van der Waals surface area contributed by atoms with Gasteiger partial charge in [-0.25, -0.2) is 10.2 Å². The molecule has 3 fully saturated rings. The molecule has 5 amide bonds. The van der Waals surface area contributed by atoms with Crippen molar-refractivity contribution < 1.29 is 33.4 Å². The normalized spacial score (nSPS) is 23.5. The number of amides is 5. The topological polar surface area (TPSA) is 165 Å². The van der Waals surface area contributed by atoms with E-state index in [2.05, 4.69) is 96.6 Å². The number of esters is 1. The Hall–Kier alpha value is -5.62. The number of nitrogens with zero attached hydrogens (tertiary/aromatic N) is 8. The molecule has 7 heterocycles. The van der Waals surface area contributed by atoms with Crippen LogP contribution in [0.3, 0.4) is 0 Å². The Bertz CT molecular complexity index is 2600. The lowest BCUT2D eigenvalue weighted by atomic mass is 9.84. The number of likely N-dealkylation sites (tertiary alicyclic amines) is 1. The van der Waals surface area contributed by atoms with Crippen molar-refractivity contribution in [2.75, 3.05) is 73.2 Å². The lowest BCUT2D eigenvalue weighted by molar-refractivity contribution is -0.155. The molecule has 73 heavy (non-hydrogen) atoms. The predicted octanol–water partition coefficient (Wildman–Crippen LogP) is 6.23. The number of rotatable bonds is 10. The van der Waals surface area contributed by atoms with Crippen LogP contribution in [0, 0.1) is 11.3 Å². The summed E-state index contributed by atoms with van der Waals surface area (Å²) < 4.78 is 14.4. The number of pyridine rings is 1. The number of ether oxygens (including phenoxy) is 2. The van der Waals surface area contributed by atoms with E-state index in [0.29, 0.717) is 78.0 Å². The van der Waals surface area contributed by atoms with E-state index in [9.17, 15) is 24.0 Å². The Morgan fingerprint density at radius 2 is 1.81 bits per heavy atom. The van der Waals surface area contributed by atoms with Crippen LogP contribution in [0.1, 0.15) is 110 Å². The second-order valence-electron chi connectivity index (χ2n) is 22.4. The van der Waals surface area contributed by atoms with Crippen LogP contribution < -0.4 is 10.7 Å². The highest BCUT2D eigenvalue weighted by Gasteiger charge is 2.49. The van der Waals surface area contributed by atoms with Crippen molar-refractivity contribution in [1.29, 1.82) is 0 Å². The molecule has 3 saturated heterocycles. The van der Waals surface area contributed by atoms with E-state index in [1.54, 1.807) is 14.2 Å². The minimum absolute atomic E-state index is 0.0967. The van der Waals surface area contributed by atoms with Gasteiger partial charge in [-0.05, 0) is 119 Å². The monoisotopic (exact) mass is 1000 g/mol. The molecular formula is C56H80N10O7. The summed E-state index contributed by atoms with van der Waals surface area (Å²) in [5.74, 6) is -1.60. The molecule has 5 aliphatic heterocycles. The van der Waals surface area contributed by atoms with Crippen LogP contribution in [0.15, 0.2) is 55.3 Å². The van der Waals surface area contributed by atoms with E-state index in [4.69, 9.17) is 14.5 Å². The van der Waals surface area contributed by atoms with Crippen molar-refractivity contribution in [2.24, 2.45) is 11.3 Å². The molecule has 0 saturated carbocycles. The molecule has 5 atom stereocenters. The second kappa shape index (κ2) is 22.1. The maximum atomic E-state index is 14.9. The quantitative estimate of drug-likeness (QED) is 0.175. The van der Waals surface area contributed by atoms with E-state index in [1.165, 1.54) is 16.0 Å². The van der Waals surface area contributed by atoms with Crippen molar-refractivity contribution >= 4 is 46.2 Å². The Morgan fingerprint density at radius 1 is 1.05 bits per heavy atom. The zero-order chi connectivity index (χ0) is 52.5. The third-order valence-electron chi connectivity index (χ3n) is 16.1. The number of urea groups is 1. The van der Waals surface area contributed by atoms with Crippen molar-refractivity contribution in [3.63, 3.8) is 0 Å². The Balaban J connectivity index is 1.09. The van der Waals surface area contributed by atoms with E-state index in [1.807, 2.05) is 42.8 Å². The molecule has 6 bridgehead atoms. The first-order valence-corrected chi connectivity index (χ1v) is 26.6. The lowest BCUT2D eigenvalue weighted by Gasteiger charge is -2.46. The number of aryl methyl sites for hydroxylation is 1. The summed E-state index contributed by atoms with van der Waals surface area (Å²) in [6.07, 6.45) is 8.98. The molecule has 3 aromatic rings. The molecule has 1 unspecified atom stereocenters. The van der Waals surface area contributed by atoms with Crippen molar-refractivity contribution in [3.8, 4) is 11.3 Å². The Labute approximate surface area is 432 Å². The van der Waals surface area contributed by atoms with Gasteiger partial charge in [-0.15, -0.1) is 0 Å². The smallest absolute Gasteiger partial charge is 0.324 e. The first kappa shape index (κ1) is 53.7. The molecule has 8 rings (SSSR count). The molecule has 1 spiro atoms. The van der Waals surface area contributed by atoms with Gasteiger partial charge in [0.15, 0.2) is 0 Å². The van der Waals surface area contributed by atoms with Gasteiger partial charge in [0, 0.05) is 106 Å². The van der Waals surface area contributed by atoms with Crippen LogP contribution in [-0.4, -0.2) is 172 Å². The van der Waals surface area contributed by atoms with Crippen LogP contribution in [0.2, 0.25) is 0 Å². The number of piperidine rings is 1. The van der Waals surface area contributed by atoms with Gasteiger partial charge >= 0.3 is 12.0 Å². The third-order valence-corrected chi connectivity index (χ3v) is 16.1. The number of nitrogens with one attached hydrogen (secondary N) is 2. The van der Waals surface area contributed by atoms with Crippen LogP contribution in [0.4, 0.5) is 4.79 Å². The molecule has 17 heteroatoms. The summed E-state index contributed by atoms with van der Waals surface area (Å²) in [5.41, 5.74) is 9.83. The second-order valence-corrected chi connectivity index (χ2v) is 22.4. The fourth-order valence-corrected chi connectivity index (χ4v) is 12.2. The molecule has 17 nitrogen and oxygen atoms in total.